The highest BCUT2D eigenvalue weighted by atomic mass is 16.5. The van der Waals surface area contributed by atoms with E-state index >= 15 is 0 Å². The number of nitrogens with zero attached hydrogens (tertiary/aromatic N) is 1. The quantitative estimate of drug-likeness (QED) is 0.640. The lowest BCUT2D eigenvalue weighted by molar-refractivity contribution is 0.0959. The van der Waals surface area contributed by atoms with E-state index in [9.17, 15) is 0 Å². The Labute approximate surface area is 101 Å². The van der Waals surface area contributed by atoms with Gasteiger partial charge in [-0.05, 0) is 12.3 Å². The van der Waals surface area contributed by atoms with Crippen LogP contribution in [-0.4, -0.2) is 50.8 Å². The molecule has 16 heavy (non-hydrogen) atoms. The van der Waals surface area contributed by atoms with Crippen molar-refractivity contribution in [3.8, 4) is 0 Å². The molecule has 96 valence electrons. The largest absolute Gasteiger partial charge is 0.380 e. The third kappa shape index (κ3) is 7.20. The van der Waals surface area contributed by atoms with Crippen molar-refractivity contribution in [1.82, 2.24) is 10.2 Å². The van der Waals surface area contributed by atoms with Gasteiger partial charge in [0.1, 0.15) is 0 Å². The molecular weight excluding hydrogens is 200 g/mol. The van der Waals surface area contributed by atoms with E-state index in [1.807, 2.05) is 0 Å². The van der Waals surface area contributed by atoms with Crippen LogP contribution in [0.5, 0.6) is 0 Å². The maximum Gasteiger partial charge on any atom is 0.0593 e. The van der Waals surface area contributed by atoms with Gasteiger partial charge in [-0.1, -0.05) is 26.7 Å². The number of hydrogen-bond acceptors (Lipinski definition) is 3. The summed E-state index contributed by atoms with van der Waals surface area (Å²) in [5, 5.41) is 3.36. The smallest absolute Gasteiger partial charge is 0.0593 e. The second kappa shape index (κ2) is 8.97. The lowest BCUT2D eigenvalue weighted by Crippen LogP contribution is -2.44. The Kier molecular flexibility index (Phi) is 7.81. The minimum absolute atomic E-state index is 0.834. The van der Waals surface area contributed by atoms with Crippen molar-refractivity contribution in [3.05, 3.63) is 0 Å². The van der Waals surface area contributed by atoms with Crippen molar-refractivity contribution in [1.29, 1.82) is 0 Å². The SMILES string of the molecule is CC(C)CCCCOCCN1CCNCC1. The highest BCUT2D eigenvalue weighted by molar-refractivity contribution is 4.66. The predicted molar refractivity (Wildman–Crippen MR) is 68.8 cm³/mol. The van der Waals surface area contributed by atoms with Crippen LogP contribution in [-0.2, 0) is 4.74 Å². The molecule has 0 aliphatic carbocycles. The third-order valence-corrected chi connectivity index (χ3v) is 3.08. The van der Waals surface area contributed by atoms with Gasteiger partial charge in [0.05, 0.1) is 6.61 Å². The van der Waals surface area contributed by atoms with Crippen LogP contribution in [0.1, 0.15) is 33.1 Å². The highest BCUT2D eigenvalue weighted by Crippen LogP contribution is 2.05. The van der Waals surface area contributed by atoms with E-state index in [0.717, 1.165) is 38.8 Å². The molecule has 1 aliphatic heterocycles. The second-order valence-electron chi connectivity index (χ2n) is 5.09. The van der Waals surface area contributed by atoms with Crippen LogP contribution in [0, 0.1) is 5.92 Å². The van der Waals surface area contributed by atoms with Crippen molar-refractivity contribution in [2.24, 2.45) is 5.92 Å². The van der Waals surface area contributed by atoms with Gasteiger partial charge in [0, 0.05) is 39.3 Å². The summed E-state index contributed by atoms with van der Waals surface area (Å²) < 4.78 is 5.66. The lowest BCUT2D eigenvalue weighted by Gasteiger charge is -2.26. The molecule has 1 aliphatic rings. The molecule has 0 radical (unpaired) electrons. The number of piperazine rings is 1. The lowest BCUT2D eigenvalue weighted by atomic mass is 10.1. The average molecular weight is 228 g/mol. The molecule has 1 rings (SSSR count). The van der Waals surface area contributed by atoms with E-state index in [2.05, 4.69) is 24.1 Å². The van der Waals surface area contributed by atoms with E-state index in [4.69, 9.17) is 4.74 Å². The number of nitrogens with one attached hydrogen (secondary N) is 1. The molecule has 3 nitrogen and oxygen atoms in total. The van der Waals surface area contributed by atoms with Crippen molar-refractivity contribution >= 4 is 0 Å². The average Bonchev–Trinajstić information content (AvgIpc) is 2.29. The van der Waals surface area contributed by atoms with Gasteiger partial charge in [-0.3, -0.25) is 4.90 Å². The van der Waals surface area contributed by atoms with Gasteiger partial charge in [-0.15, -0.1) is 0 Å². The van der Waals surface area contributed by atoms with Crippen molar-refractivity contribution in [2.75, 3.05) is 45.9 Å². The van der Waals surface area contributed by atoms with Crippen LogP contribution in [0.3, 0.4) is 0 Å². The molecule has 0 saturated carbocycles. The Morgan fingerprint density at radius 2 is 1.88 bits per heavy atom. The first-order valence-corrected chi connectivity index (χ1v) is 6.80. The second-order valence-corrected chi connectivity index (χ2v) is 5.09. The van der Waals surface area contributed by atoms with Crippen LogP contribution in [0.25, 0.3) is 0 Å². The molecule has 1 heterocycles. The fourth-order valence-electron chi connectivity index (χ4n) is 1.99. The molecular formula is C13H28N2O. The topological polar surface area (TPSA) is 24.5 Å². The van der Waals surface area contributed by atoms with Crippen molar-refractivity contribution in [2.45, 2.75) is 33.1 Å². The van der Waals surface area contributed by atoms with Crippen LogP contribution in [0.15, 0.2) is 0 Å². The van der Waals surface area contributed by atoms with Crippen LogP contribution in [0.4, 0.5) is 0 Å². The van der Waals surface area contributed by atoms with Crippen molar-refractivity contribution in [3.63, 3.8) is 0 Å². The Morgan fingerprint density at radius 3 is 2.56 bits per heavy atom. The van der Waals surface area contributed by atoms with Crippen LogP contribution < -0.4 is 5.32 Å². The van der Waals surface area contributed by atoms with E-state index in [1.165, 1.54) is 32.4 Å². The van der Waals surface area contributed by atoms with Gasteiger partial charge in [-0.25, -0.2) is 0 Å². The minimum atomic E-state index is 0.834. The Balaban J connectivity index is 1.80. The van der Waals surface area contributed by atoms with E-state index in [1.54, 1.807) is 0 Å². The molecule has 0 aromatic heterocycles. The predicted octanol–water partition coefficient (Wildman–Crippen LogP) is 1.73. The monoisotopic (exact) mass is 228 g/mol. The summed E-state index contributed by atoms with van der Waals surface area (Å²) in [4.78, 5) is 2.48. The molecule has 0 unspecified atom stereocenters. The molecule has 0 bridgehead atoms. The third-order valence-electron chi connectivity index (χ3n) is 3.08. The first-order valence-electron chi connectivity index (χ1n) is 6.80. The van der Waals surface area contributed by atoms with E-state index < -0.39 is 0 Å². The zero-order chi connectivity index (χ0) is 11.6. The Bertz CT molecular complexity index is 156. The molecule has 1 saturated heterocycles. The maximum atomic E-state index is 5.66. The zero-order valence-corrected chi connectivity index (χ0v) is 11.0. The number of hydrogen-bond donors (Lipinski definition) is 1. The summed E-state index contributed by atoms with van der Waals surface area (Å²) in [6.45, 7) is 12.1. The van der Waals surface area contributed by atoms with Gasteiger partial charge in [-0.2, -0.15) is 0 Å². The molecule has 0 aromatic rings. The van der Waals surface area contributed by atoms with Crippen LogP contribution >= 0.6 is 0 Å². The minimum Gasteiger partial charge on any atom is -0.380 e. The Morgan fingerprint density at radius 1 is 1.12 bits per heavy atom. The molecule has 0 amide bonds. The van der Waals surface area contributed by atoms with Crippen molar-refractivity contribution < 1.29 is 4.74 Å². The van der Waals surface area contributed by atoms with Gasteiger partial charge in [0.15, 0.2) is 0 Å². The maximum absolute atomic E-state index is 5.66. The number of rotatable bonds is 8. The molecule has 3 heteroatoms. The summed E-state index contributed by atoms with van der Waals surface area (Å²) in [6.07, 6.45) is 3.87. The first kappa shape index (κ1) is 13.9. The normalized spacial score (nSPS) is 18.2. The summed E-state index contributed by atoms with van der Waals surface area (Å²) in [6, 6.07) is 0. The summed E-state index contributed by atoms with van der Waals surface area (Å²) in [5.74, 6) is 0.834. The molecule has 0 aromatic carbocycles. The van der Waals surface area contributed by atoms with Crippen LogP contribution in [0.2, 0.25) is 0 Å². The van der Waals surface area contributed by atoms with Gasteiger partial charge >= 0.3 is 0 Å². The highest BCUT2D eigenvalue weighted by Gasteiger charge is 2.08. The molecule has 1 fully saturated rings. The fourth-order valence-corrected chi connectivity index (χ4v) is 1.99. The Hall–Kier alpha value is -0.120. The zero-order valence-electron chi connectivity index (χ0n) is 11.0. The standard InChI is InChI=1S/C13H28N2O/c1-13(2)5-3-4-11-16-12-10-15-8-6-14-7-9-15/h13-14H,3-12H2,1-2H3. The van der Waals surface area contributed by atoms with E-state index in [0.29, 0.717) is 0 Å². The number of unbranched alkanes of at least 4 members (excludes halogenated alkanes) is 1. The summed E-state index contributed by atoms with van der Waals surface area (Å²) in [7, 11) is 0. The molecule has 0 spiro atoms. The first-order chi connectivity index (χ1) is 7.79. The van der Waals surface area contributed by atoms with Gasteiger partial charge in [0.25, 0.3) is 0 Å². The van der Waals surface area contributed by atoms with Gasteiger partial charge in [0.2, 0.25) is 0 Å². The molecule has 0 atom stereocenters. The summed E-state index contributed by atoms with van der Waals surface area (Å²) in [5.41, 5.74) is 0. The molecule has 1 N–H and O–H groups in total. The fraction of sp³-hybridized carbons (Fsp3) is 1.00. The number of ether oxygens (including phenoxy) is 1. The van der Waals surface area contributed by atoms with Gasteiger partial charge < -0.3 is 10.1 Å². The van der Waals surface area contributed by atoms with E-state index in [-0.39, 0.29) is 0 Å². The summed E-state index contributed by atoms with van der Waals surface area (Å²) >= 11 is 0.